The molecule has 9 heteroatoms. The standard InChI is InChI=1S/C27H21BrFN3O3S/c1-3-32-26(33)24(36-27(32)31-21-10-8-20(29)9-11-21)14-17-12-22(28)25(23(13-17)34-2)35-16-19-7-5-4-6-18(19)15-30/h4-14H,3,16H2,1-2H3/b24-14+,31-27?. The van der Waals surface area contributed by atoms with Crippen molar-refractivity contribution >= 4 is 50.5 Å². The summed E-state index contributed by atoms with van der Waals surface area (Å²) in [5.74, 6) is 0.468. The molecule has 1 aliphatic heterocycles. The van der Waals surface area contributed by atoms with Crippen LogP contribution in [0, 0.1) is 17.1 Å². The summed E-state index contributed by atoms with van der Waals surface area (Å²) in [5, 5.41) is 9.84. The molecule has 1 amide bonds. The number of amides is 1. The quantitative estimate of drug-likeness (QED) is 0.299. The highest BCUT2D eigenvalue weighted by Crippen LogP contribution is 2.40. The van der Waals surface area contributed by atoms with E-state index in [-0.39, 0.29) is 18.3 Å². The van der Waals surface area contributed by atoms with Gasteiger partial charge in [0.25, 0.3) is 5.91 Å². The van der Waals surface area contributed by atoms with Crippen molar-refractivity contribution in [2.45, 2.75) is 13.5 Å². The SMILES string of the molecule is CCN1C(=O)/C(=C\c2cc(Br)c(OCc3ccccc3C#N)c(OC)c2)SC1=Nc1ccc(F)cc1. The Labute approximate surface area is 221 Å². The van der Waals surface area contributed by atoms with Gasteiger partial charge in [0.05, 0.1) is 33.8 Å². The summed E-state index contributed by atoms with van der Waals surface area (Å²) < 4.78 is 25.4. The summed E-state index contributed by atoms with van der Waals surface area (Å²) in [6.07, 6.45) is 1.77. The summed E-state index contributed by atoms with van der Waals surface area (Å²) in [5.41, 5.74) is 2.61. The van der Waals surface area contributed by atoms with E-state index in [9.17, 15) is 14.4 Å². The Morgan fingerprint density at radius 3 is 2.64 bits per heavy atom. The molecule has 0 bridgehead atoms. The van der Waals surface area contributed by atoms with Gasteiger partial charge in [0.2, 0.25) is 0 Å². The number of carbonyl (C=O) groups excluding carboxylic acids is 1. The highest BCUT2D eigenvalue weighted by molar-refractivity contribution is 9.10. The number of rotatable bonds is 7. The van der Waals surface area contributed by atoms with Crippen LogP contribution in [0.15, 0.2) is 75.0 Å². The third-order valence-electron chi connectivity index (χ3n) is 5.32. The predicted octanol–water partition coefficient (Wildman–Crippen LogP) is 6.67. The number of carbonyl (C=O) groups is 1. The first-order valence-electron chi connectivity index (χ1n) is 11.0. The van der Waals surface area contributed by atoms with E-state index in [1.165, 1.54) is 31.0 Å². The topological polar surface area (TPSA) is 74.9 Å². The van der Waals surface area contributed by atoms with Crippen LogP contribution in [0.5, 0.6) is 11.5 Å². The number of benzene rings is 3. The molecule has 0 saturated carbocycles. The average Bonchev–Trinajstić information content (AvgIpc) is 3.17. The minimum atomic E-state index is -0.344. The van der Waals surface area contributed by atoms with Crippen molar-refractivity contribution in [3.05, 3.63) is 92.5 Å². The number of hydrogen-bond acceptors (Lipinski definition) is 6. The fourth-order valence-electron chi connectivity index (χ4n) is 3.52. The number of nitriles is 1. The molecular weight excluding hydrogens is 545 g/mol. The van der Waals surface area contributed by atoms with E-state index in [0.717, 1.165) is 11.1 Å². The van der Waals surface area contributed by atoms with Crippen molar-refractivity contribution < 1.29 is 18.7 Å². The molecule has 4 rings (SSSR count). The summed E-state index contributed by atoms with van der Waals surface area (Å²) in [6.45, 7) is 2.52. The van der Waals surface area contributed by atoms with E-state index in [1.54, 1.807) is 41.3 Å². The van der Waals surface area contributed by atoms with Gasteiger partial charge in [0.1, 0.15) is 12.4 Å². The summed E-state index contributed by atoms with van der Waals surface area (Å²) in [6, 6.07) is 18.8. The molecule has 0 unspecified atom stereocenters. The van der Waals surface area contributed by atoms with Crippen LogP contribution in [0.3, 0.4) is 0 Å². The molecule has 0 atom stereocenters. The zero-order chi connectivity index (χ0) is 25.7. The Hall–Kier alpha value is -3.61. The zero-order valence-electron chi connectivity index (χ0n) is 19.5. The average molecular weight is 566 g/mol. The molecule has 0 spiro atoms. The van der Waals surface area contributed by atoms with Crippen LogP contribution in [0.4, 0.5) is 10.1 Å². The van der Waals surface area contributed by atoms with Gasteiger partial charge in [-0.3, -0.25) is 9.69 Å². The first-order valence-corrected chi connectivity index (χ1v) is 12.6. The molecule has 6 nitrogen and oxygen atoms in total. The van der Waals surface area contributed by atoms with Crippen LogP contribution in [0.1, 0.15) is 23.6 Å². The molecule has 1 fully saturated rings. The van der Waals surface area contributed by atoms with E-state index in [1.807, 2.05) is 25.1 Å². The Kier molecular flexibility index (Phi) is 8.08. The second-order valence-electron chi connectivity index (χ2n) is 7.62. The Morgan fingerprint density at radius 1 is 1.19 bits per heavy atom. The molecule has 1 saturated heterocycles. The molecule has 1 heterocycles. The number of amidine groups is 1. The highest BCUT2D eigenvalue weighted by atomic mass is 79.9. The third kappa shape index (κ3) is 5.61. The molecular formula is C27H21BrFN3O3S. The largest absolute Gasteiger partial charge is 0.493 e. The number of nitrogens with zero attached hydrogens (tertiary/aromatic N) is 3. The van der Waals surface area contributed by atoms with Crippen LogP contribution < -0.4 is 9.47 Å². The van der Waals surface area contributed by atoms with E-state index < -0.39 is 0 Å². The van der Waals surface area contributed by atoms with Crippen molar-refractivity contribution in [2.75, 3.05) is 13.7 Å². The monoisotopic (exact) mass is 565 g/mol. The Balaban J connectivity index is 1.60. The lowest BCUT2D eigenvalue weighted by atomic mass is 10.1. The smallest absolute Gasteiger partial charge is 0.266 e. The van der Waals surface area contributed by atoms with E-state index >= 15 is 0 Å². The molecule has 0 aromatic heterocycles. The van der Waals surface area contributed by atoms with Crippen molar-refractivity contribution in [3.63, 3.8) is 0 Å². The number of methoxy groups -OCH3 is 1. The fraction of sp³-hybridized carbons (Fsp3) is 0.148. The maximum Gasteiger partial charge on any atom is 0.266 e. The second kappa shape index (κ2) is 11.4. The van der Waals surface area contributed by atoms with Crippen LogP contribution in [-0.4, -0.2) is 29.6 Å². The van der Waals surface area contributed by atoms with Gasteiger partial charge in [-0.15, -0.1) is 0 Å². The van der Waals surface area contributed by atoms with E-state index in [2.05, 4.69) is 27.0 Å². The molecule has 1 aliphatic rings. The number of ether oxygens (including phenoxy) is 2. The number of halogens is 2. The number of thioether (sulfide) groups is 1. The van der Waals surface area contributed by atoms with Crippen molar-refractivity contribution in [2.24, 2.45) is 4.99 Å². The third-order valence-corrected chi connectivity index (χ3v) is 6.91. The first-order chi connectivity index (χ1) is 17.4. The maximum absolute atomic E-state index is 13.2. The van der Waals surface area contributed by atoms with E-state index in [0.29, 0.717) is 43.8 Å². The normalized spacial score (nSPS) is 15.4. The van der Waals surface area contributed by atoms with E-state index in [4.69, 9.17) is 9.47 Å². The molecule has 36 heavy (non-hydrogen) atoms. The van der Waals surface area contributed by atoms with Gasteiger partial charge in [-0.05, 0) is 88.7 Å². The van der Waals surface area contributed by atoms with Gasteiger partial charge in [-0.1, -0.05) is 18.2 Å². The fourth-order valence-corrected chi connectivity index (χ4v) is 5.15. The number of likely N-dealkylation sites (N-methyl/N-ethyl adjacent to an activating group) is 1. The first kappa shape index (κ1) is 25.5. The van der Waals surface area contributed by atoms with Crippen molar-refractivity contribution in [1.29, 1.82) is 5.26 Å². The minimum Gasteiger partial charge on any atom is -0.493 e. The number of aliphatic imine (C=N–C) groups is 1. The van der Waals surface area contributed by atoms with Crippen LogP contribution in [0.25, 0.3) is 6.08 Å². The predicted molar refractivity (Wildman–Crippen MR) is 143 cm³/mol. The highest BCUT2D eigenvalue weighted by Gasteiger charge is 2.32. The molecule has 3 aromatic carbocycles. The van der Waals surface area contributed by atoms with Gasteiger partial charge in [0.15, 0.2) is 16.7 Å². The van der Waals surface area contributed by atoms with Crippen molar-refractivity contribution in [1.82, 2.24) is 4.90 Å². The molecule has 3 aromatic rings. The second-order valence-corrected chi connectivity index (χ2v) is 9.49. The molecule has 0 N–H and O–H groups in total. The summed E-state index contributed by atoms with van der Waals surface area (Å²) in [7, 11) is 1.54. The zero-order valence-corrected chi connectivity index (χ0v) is 21.9. The summed E-state index contributed by atoms with van der Waals surface area (Å²) in [4.78, 5) is 19.6. The van der Waals surface area contributed by atoms with Crippen LogP contribution in [0.2, 0.25) is 0 Å². The lowest BCUT2D eigenvalue weighted by molar-refractivity contribution is -0.122. The Morgan fingerprint density at radius 2 is 1.94 bits per heavy atom. The lowest BCUT2D eigenvalue weighted by Gasteiger charge is -2.14. The number of hydrogen-bond donors (Lipinski definition) is 0. The van der Waals surface area contributed by atoms with Crippen LogP contribution >= 0.6 is 27.7 Å². The molecule has 0 radical (unpaired) electrons. The Bertz CT molecular complexity index is 1400. The van der Waals surface area contributed by atoms with Crippen molar-refractivity contribution in [3.8, 4) is 17.6 Å². The summed E-state index contributed by atoms with van der Waals surface area (Å²) >= 11 is 4.80. The van der Waals surface area contributed by atoms with Gasteiger partial charge in [0, 0.05) is 12.1 Å². The van der Waals surface area contributed by atoms with Gasteiger partial charge in [-0.2, -0.15) is 5.26 Å². The maximum atomic E-state index is 13.2. The molecule has 0 aliphatic carbocycles. The van der Waals surface area contributed by atoms with Crippen LogP contribution in [-0.2, 0) is 11.4 Å². The van der Waals surface area contributed by atoms with Gasteiger partial charge < -0.3 is 9.47 Å². The van der Waals surface area contributed by atoms with Gasteiger partial charge >= 0.3 is 0 Å². The van der Waals surface area contributed by atoms with Gasteiger partial charge in [-0.25, -0.2) is 9.38 Å². The lowest BCUT2D eigenvalue weighted by Crippen LogP contribution is -2.28. The molecule has 182 valence electrons. The minimum absolute atomic E-state index is 0.160.